The lowest BCUT2D eigenvalue weighted by Gasteiger charge is -2.18. The maximum atomic E-state index is 5.74. The van der Waals surface area contributed by atoms with Crippen molar-refractivity contribution in [2.24, 2.45) is 29.4 Å². The summed E-state index contributed by atoms with van der Waals surface area (Å²) in [7, 11) is 0. The molecule has 1 nitrogen and oxygen atoms in total. The molecular formula is C43H87NS3. The number of rotatable bonds is 38. The molecule has 4 heteroatoms. The third-order valence-electron chi connectivity index (χ3n) is 10.4. The molecule has 0 fully saturated rings. The standard InChI is InChI=1S/C43H87NS3/c1-7-33-47-43(6)42(5)38-46-36-29-22-18-16-14-12-10-8-9-11-13-15-17-21-27-34-45-35-28-23-19-20-24-31-40(3)41(4)32-26-25-30-39(2)37-44/h20,24,39-43H,7-19,21-23,25-38,44H2,1-6H3/b24-20+/t39-,40?,41?,42?,43?/m0/s1. The fourth-order valence-corrected chi connectivity index (χ4v) is 9.58. The second kappa shape index (κ2) is 38.0. The molecule has 4 unspecified atom stereocenters. The number of thioether (sulfide) groups is 3. The molecule has 47 heavy (non-hydrogen) atoms. The third kappa shape index (κ3) is 35.0. The van der Waals surface area contributed by atoms with Gasteiger partial charge in [-0.05, 0) is 110 Å². The van der Waals surface area contributed by atoms with Crippen LogP contribution in [-0.4, -0.2) is 40.6 Å². The van der Waals surface area contributed by atoms with E-state index >= 15 is 0 Å². The number of allylic oxidation sites excluding steroid dienone is 2. The predicted octanol–water partition coefficient (Wildman–Crippen LogP) is 15.0. The molecule has 0 radical (unpaired) electrons. The Bertz CT molecular complexity index is 626. The average molecular weight is 714 g/mol. The zero-order valence-electron chi connectivity index (χ0n) is 33.1. The lowest BCUT2D eigenvalue weighted by molar-refractivity contribution is 0.348. The van der Waals surface area contributed by atoms with Gasteiger partial charge in [-0.1, -0.05) is 156 Å². The Labute approximate surface area is 311 Å². The largest absolute Gasteiger partial charge is 0.330 e. The summed E-state index contributed by atoms with van der Waals surface area (Å²) < 4.78 is 0. The SMILES string of the molecule is CCCSC(C)C(C)CSCCCCCCCCCCCCCCCCCSCCCC/C=C/CC(C)C(C)CCCC[C@H](C)CN. The van der Waals surface area contributed by atoms with Gasteiger partial charge >= 0.3 is 0 Å². The highest BCUT2D eigenvalue weighted by atomic mass is 32.2. The van der Waals surface area contributed by atoms with Crippen LogP contribution < -0.4 is 5.73 Å². The van der Waals surface area contributed by atoms with Crippen LogP contribution in [0.5, 0.6) is 0 Å². The normalized spacial score (nSPS) is 15.3. The van der Waals surface area contributed by atoms with E-state index in [4.69, 9.17) is 5.73 Å². The van der Waals surface area contributed by atoms with Gasteiger partial charge in [0.2, 0.25) is 0 Å². The Kier molecular flexibility index (Phi) is 38.6. The second-order valence-corrected chi connectivity index (χ2v) is 19.2. The third-order valence-corrected chi connectivity index (χ3v) is 14.5. The Morgan fingerprint density at radius 3 is 1.51 bits per heavy atom. The van der Waals surface area contributed by atoms with Gasteiger partial charge in [-0.3, -0.25) is 0 Å². The molecule has 0 aliphatic carbocycles. The van der Waals surface area contributed by atoms with E-state index in [0.717, 1.165) is 29.5 Å². The number of hydrogen-bond acceptors (Lipinski definition) is 4. The van der Waals surface area contributed by atoms with Gasteiger partial charge in [0.05, 0.1) is 0 Å². The van der Waals surface area contributed by atoms with Crippen LogP contribution in [-0.2, 0) is 0 Å². The molecule has 0 rings (SSSR count). The van der Waals surface area contributed by atoms with E-state index in [2.05, 4.69) is 89.0 Å². The van der Waals surface area contributed by atoms with Crippen LogP contribution in [0.1, 0.15) is 196 Å². The number of nitrogens with two attached hydrogens (primary N) is 1. The Hall–Kier alpha value is 0.750. The monoisotopic (exact) mass is 714 g/mol. The molecule has 0 aromatic rings. The van der Waals surface area contributed by atoms with Crippen molar-refractivity contribution < 1.29 is 0 Å². The lowest BCUT2D eigenvalue weighted by atomic mass is 9.87. The summed E-state index contributed by atoms with van der Waals surface area (Å²) in [6, 6.07) is 0. The molecule has 0 aliphatic heterocycles. The second-order valence-electron chi connectivity index (χ2n) is 15.3. The Balaban J connectivity index is 3.28. The smallest absolute Gasteiger partial charge is 0.00522 e. The molecule has 5 atom stereocenters. The van der Waals surface area contributed by atoms with E-state index in [0.29, 0.717) is 5.92 Å². The van der Waals surface area contributed by atoms with Crippen LogP contribution in [0.3, 0.4) is 0 Å². The van der Waals surface area contributed by atoms with Gasteiger partial charge in [-0.15, -0.1) is 0 Å². The van der Waals surface area contributed by atoms with E-state index < -0.39 is 0 Å². The maximum Gasteiger partial charge on any atom is 0.00522 e. The first-order valence-electron chi connectivity index (χ1n) is 21.0. The van der Waals surface area contributed by atoms with Crippen molar-refractivity contribution in [1.29, 1.82) is 0 Å². The summed E-state index contributed by atoms with van der Waals surface area (Å²) in [6.45, 7) is 15.2. The molecule has 282 valence electrons. The summed E-state index contributed by atoms with van der Waals surface area (Å²) >= 11 is 6.56. The summed E-state index contributed by atoms with van der Waals surface area (Å²) in [4.78, 5) is 0. The fraction of sp³-hybridized carbons (Fsp3) is 0.953. The van der Waals surface area contributed by atoms with Crippen LogP contribution in [0.15, 0.2) is 12.2 Å². The van der Waals surface area contributed by atoms with Crippen molar-refractivity contribution in [3.8, 4) is 0 Å². The van der Waals surface area contributed by atoms with E-state index in [9.17, 15) is 0 Å². The minimum atomic E-state index is 0.695. The first kappa shape index (κ1) is 47.8. The zero-order valence-corrected chi connectivity index (χ0v) is 35.5. The van der Waals surface area contributed by atoms with Crippen molar-refractivity contribution in [3.63, 3.8) is 0 Å². The molecule has 0 aliphatic rings. The van der Waals surface area contributed by atoms with Gasteiger partial charge < -0.3 is 5.73 Å². The van der Waals surface area contributed by atoms with E-state index in [1.54, 1.807) is 0 Å². The number of unbranched alkanes of at least 4 members (excludes halogenated alkanes) is 17. The average Bonchev–Trinajstić information content (AvgIpc) is 3.08. The molecule has 0 saturated heterocycles. The minimum absolute atomic E-state index is 0.695. The van der Waals surface area contributed by atoms with Crippen LogP contribution in [0.2, 0.25) is 0 Å². The number of hydrogen-bond donors (Lipinski definition) is 1. The molecule has 2 N–H and O–H groups in total. The molecule has 0 amide bonds. The summed E-state index contributed by atoms with van der Waals surface area (Å²) in [5.74, 6) is 10.0. The maximum absolute atomic E-state index is 5.74. The van der Waals surface area contributed by atoms with Gasteiger partial charge in [0, 0.05) is 5.25 Å². The van der Waals surface area contributed by atoms with E-state index in [1.165, 1.54) is 183 Å². The van der Waals surface area contributed by atoms with Crippen molar-refractivity contribution in [1.82, 2.24) is 0 Å². The van der Waals surface area contributed by atoms with Gasteiger partial charge in [-0.2, -0.15) is 35.3 Å². The molecule has 0 bridgehead atoms. The highest BCUT2D eigenvalue weighted by molar-refractivity contribution is 8.00. The van der Waals surface area contributed by atoms with Gasteiger partial charge in [-0.25, -0.2) is 0 Å². The minimum Gasteiger partial charge on any atom is -0.330 e. The van der Waals surface area contributed by atoms with Gasteiger partial charge in [0.15, 0.2) is 0 Å². The Morgan fingerprint density at radius 2 is 0.979 bits per heavy atom. The van der Waals surface area contributed by atoms with Crippen LogP contribution in [0, 0.1) is 23.7 Å². The van der Waals surface area contributed by atoms with E-state index in [-0.39, 0.29) is 0 Å². The van der Waals surface area contributed by atoms with Gasteiger partial charge in [0.25, 0.3) is 0 Å². The summed E-state index contributed by atoms with van der Waals surface area (Å²) in [5.41, 5.74) is 5.74. The topological polar surface area (TPSA) is 26.0 Å². The molecule has 0 spiro atoms. The fourth-order valence-electron chi connectivity index (χ4n) is 6.17. The highest BCUT2D eigenvalue weighted by Crippen LogP contribution is 2.25. The van der Waals surface area contributed by atoms with Crippen molar-refractivity contribution in [3.05, 3.63) is 12.2 Å². The van der Waals surface area contributed by atoms with Crippen LogP contribution >= 0.6 is 35.3 Å². The zero-order chi connectivity index (χ0) is 34.6. The van der Waals surface area contributed by atoms with Crippen molar-refractivity contribution >= 4 is 35.3 Å². The molecule has 0 saturated carbocycles. The molecule has 0 heterocycles. The summed E-state index contributed by atoms with van der Waals surface area (Å²) in [5, 5.41) is 0.825. The lowest BCUT2D eigenvalue weighted by Crippen LogP contribution is -2.13. The van der Waals surface area contributed by atoms with Gasteiger partial charge in [0.1, 0.15) is 0 Å². The quantitative estimate of drug-likeness (QED) is 0.0509. The molecular weight excluding hydrogens is 627 g/mol. The Morgan fingerprint density at radius 1 is 0.489 bits per heavy atom. The van der Waals surface area contributed by atoms with E-state index in [1.807, 2.05) is 0 Å². The summed E-state index contributed by atoms with van der Waals surface area (Å²) in [6.07, 6.45) is 38.9. The van der Waals surface area contributed by atoms with Crippen LogP contribution in [0.4, 0.5) is 0 Å². The van der Waals surface area contributed by atoms with Crippen LogP contribution in [0.25, 0.3) is 0 Å². The molecule has 0 aromatic carbocycles. The van der Waals surface area contributed by atoms with Crippen molar-refractivity contribution in [2.45, 2.75) is 201 Å². The highest BCUT2D eigenvalue weighted by Gasteiger charge is 2.12. The van der Waals surface area contributed by atoms with Crippen molar-refractivity contribution in [2.75, 3.05) is 35.3 Å². The molecule has 0 aromatic heterocycles. The predicted molar refractivity (Wildman–Crippen MR) is 228 cm³/mol. The first-order valence-corrected chi connectivity index (χ1v) is 24.4. The first-order chi connectivity index (χ1) is 22.9.